The first kappa shape index (κ1) is 16.7. The van der Waals surface area contributed by atoms with E-state index in [-0.39, 0.29) is 18.3 Å². The van der Waals surface area contributed by atoms with Crippen LogP contribution in [0.2, 0.25) is 5.02 Å². The van der Waals surface area contributed by atoms with E-state index in [0.717, 1.165) is 0 Å². The fourth-order valence-electron chi connectivity index (χ4n) is 1.05. The molecule has 1 amide bonds. The van der Waals surface area contributed by atoms with Gasteiger partial charge in [-0.15, -0.1) is 12.4 Å². The monoisotopic (exact) mass is 340 g/mol. The van der Waals surface area contributed by atoms with Crippen molar-refractivity contribution in [2.24, 2.45) is 5.73 Å². The molecule has 17 heavy (non-hydrogen) atoms. The Kier molecular flexibility index (Phi) is 6.48. The van der Waals surface area contributed by atoms with Gasteiger partial charge in [-0.2, -0.15) is 0 Å². The summed E-state index contributed by atoms with van der Waals surface area (Å²) in [7, 11) is 0. The van der Waals surface area contributed by atoms with Crippen LogP contribution in [0.3, 0.4) is 0 Å². The highest BCUT2D eigenvalue weighted by atomic mass is 79.9. The van der Waals surface area contributed by atoms with E-state index in [2.05, 4.69) is 21.2 Å². The fourth-order valence-corrected chi connectivity index (χ4v) is 1.54. The summed E-state index contributed by atoms with van der Waals surface area (Å²) in [5.74, 6) is -0.157. The molecule has 0 atom stereocenters. The number of nitrogens with one attached hydrogen (secondary N) is 1. The molecule has 1 aromatic rings. The van der Waals surface area contributed by atoms with Crippen LogP contribution in [0.4, 0.5) is 0 Å². The van der Waals surface area contributed by atoms with Gasteiger partial charge < -0.3 is 11.1 Å². The maximum atomic E-state index is 11.7. The summed E-state index contributed by atoms with van der Waals surface area (Å²) in [5, 5.41) is 3.34. The van der Waals surface area contributed by atoms with Gasteiger partial charge in [-0.3, -0.25) is 4.79 Å². The molecule has 0 bridgehead atoms. The smallest absolute Gasteiger partial charge is 0.251 e. The number of amides is 1. The minimum Gasteiger partial charge on any atom is -0.350 e. The Morgan fingerprint density at radius 3 is 2.59 bits per heavy atom. The molecule has 0 aliphatic heterocycles. The van der Waals surface area contributed by atoms with Crippen molar-refractivity contribution in [1.29, 1.82) is 0 Å². The Hall–Kier alpha value is -0.290. The van der Waals surface area contributed by atoms with E-state index >= 15 is 0 Å². The predicted molar refractivity (Wildman–Crippen MR) is 77.0 cm³/mol. The van der Waals surface area contributed by atoms with E-state index in [1.807, 2.05) is 13.8 Å². The molecule has 0 spiro atoms. The zero-order valence-corrected chi connectivity index (χ0v) is 12.7. The van der Waals surface area contributed by atoms with E-state index in [1.54, 1.807) is 18.2 Å². The first-order valence-electron chi connectivity index (χ1n) is 4.82. The lowest BCUT2D eigenvalue weighted by atomic mass is 10.1. The van der Waals surface area contributed by atoms with Gasteiger partial charge in [0.05, 0.1) is 5.02 Å². The van der Waals surface area contributed by atoms with Crippen molar-refractivity contribution in [2.75, 3.05) is 6.54 Å². The molecule has 0 saturated heterocycles. The maximum absolute atomic E-state index is 11.7. The van der Waals surface area contributed by atoms with Crippen molar-refractivity contribution in [3.63, 3.8) is 0 Å². The molecule has 0 aromatic heterocycles. The van der Waals surface area contributed by atoms with E-state index < -0.39 is 5.54 Å². The SMILES string of the molecule is CC(C)(N)CNC(=O)c1ccc(Cl)c(Br)c1.Cl. The number of benzene rings is 1. The molecule has 0 fully saturated rings. The van der Waals surface area contributed by atoms with E-state index in [0.29, 0.717) is 21.6 Å². The van der Waals surface area contributed by atoms with Crippen LogP contribution in [0.25, 0.3) is 0 Å². The van der Waals surface area contributed by atoms with Gasteiger partial charge in [0.25, 0.3) is 5.91 Å². The summed E-state index contributed by atoms with van der Waals surface area (Å²) in [6.45, 7) is 4.13. The first-order valence-corrected chi connectivity index (χ1v) is 5.99. The van der Waals surface area contributed by atoms with Crippen LogP contribution in [-0.4, -0.2) is 18.0 Å². The molecule has 1 rings (SSSR count). The Bertz CT molecular complexity index is 405. The third-order valence-electron chi connectivity index (χ3n) is 1.89. The van der Waals surface area contributed by atoms with E-state index in [4.69, 9.17) is 17.3 Å². The molecule has 0 aliphatic carbocycles. The minimum absolute atomic E-state index is 0. The molecule has 6 heteroatoms. The number of halogens is 3. The Labute approximate surface area is 121 Å². The first-order chi connectivity index (χ1) is 7.29. The highest BCUT2D eigenvalue weighted by Gasteiger charge is 2.13. The van der Waals surface area contributed by atoms with Crippen LogP contribution < -0.4 is 11.1 Å². The van der Waals surface area contributed by atoms with Crippen LogP contribution in [0.1, 0.15) is 24.2 Å². The second-order valence-corrected chi connectivity index (χ2v) is 5.56. The van der Waals surface area contributed by atoms with Crippen molar-refractivity contribution in [3.05, 3.63) is 33.3 Å². The number of carbonyl (C=O) groups excluding carboxylic acids is 1. The average molecular weight is 342 g/mol. The molecule has 96 valence electrons. The van der Waals surface area contributed by atoms with Crippen molar-refractivity contribution < 1.29 is 4.79 Å². The van der Waals surface area contributed by atoms with Gasteiger partial charge >= 0.3 is 0 Å². The zero-order valence-electron chi connectivity index (χ0n) is 9.59. The Morgan fingerprint density at radius 2 is 2.12 bits per heavy atom. The summed E-state index contributed by atoms with van der Waals surface area (Å²) >= 11 is 9.10. The molecule has 3 nitrogen and oxygen atoms in total. The number of rotatable bonds is 3. The van der Waals surface area contributed by atoms with Gasteiger partial charge in [0.1, 0.15) is 0 Å². The summed E-state index contributed by atoms with van der Waals surface area (Å²) in [6, 6.07) is 5.03. The third-order valence-corrected chi connectivity index (χ3v) is 3.10. The maximum Gasteiger partial charge on any atom is 0.251 e. The number of hydrogen-bond acceptors (Lipinski definition) is 2. The summed E-state index contributed by atoms with van der Waals surface area (Å²) in [6.07, 6.45) is 0. The quantitative estimate of drug-likeness (QED) is 0.887. The number of nitrogens with two attached hydrogens (primary N) is 1. The third kappa shape index (κ3) is 5.73. The van der Waals surface area contributed by atoms with Gasteiger partial charge in [-0.05, 0) is 48.0 Å². The fraction of sp³-hybridized carbons (Fsp3) is 0.364. The van der Waals surface area contributed by atoms with Crippen molar-refractivity contribution in [1.82, 2.24) is 5.32 Å². The Balaban J connectivity index is 0.00000256. The van der Waals surface area contributed by atoms with Crippen molar-refractivity contribution in [3.8, 4) is 0 Å². The molecule has 0 radical (unpaired) electrons. The minimum atomic E-state index is -0.417. The lowest BCUT2D eigenvalue weighted by Gasteiger charge is -2.18. The molecule has 3 N–H and O–H groups in total. The van der Waals surface area contributed by atoms with Crippen LogP contribution in [0.15, 0.2) is 22.7 Å². The van der Waals surface area contributed by atoms with E-state index in [9.17, 15) is 4.79 Å². The molecule has 0 aliphatic rings. The van der Waals surface area contributed by atoms with Crippen LogP contribution in [0, 0.1) is 0 Å². The second kappa shape index (κ2) is 6.59. The molecular weight excluding hydrogens is 327 g/mol. The Morgan fingerprint density at radius 1 is 1.53 bits per heavy atom. The lowest BCUT2D eigenvalue weighted by Crippen LogP contribution is -2.45. The van der Waals surface area contributed by atoms with Crippen LogP contribution in [0.5, 0.6) is 0 Å². The molecule has 1 aromatic carbocycles. The molecular formula is C11H15BrCl2N2O. The zero-order chi connectivity index (χ0) is 12.3. The summed E-state index contributed by atoms with van der Waals surface area (Å²) in [4.78, 5) is 11.7. The number of hydrogen-bond donors (Lipinski definition) is 2. The number of carbonyl (C=O) groups is 1. The molecule has 0 saturated carbocycles. The van der Waals surface area contributed by atoms with Gasteiger partial charge in [0.15, 0.2) is 0 Å². The topological polar surface area (TPSA) is 55.1 Å². The predicted octanol–water partition coefficient (Wildman–Crippen LogP) is 2.99. The van der Waals surface area contributed by atoms with Gasteiger partial charge in [-0.25, -0.2) is 0 Å². The second-order valence-electron chi connectivity index (χ2n) is 4.30. The van der Waals surface area contributed by atoms with Crippen molar-refractivity contribution >= 4 is 45.8 Å². The summed E-state index contributed by atoms with van der Waals surface area (Å²) in [5.41, 5.74) is 5.91. The van der Waals surface area contributed by atoms with E-state index in [1.165, 1.54) is 0 Å². The van der Waals surface area contributed by atoms with Gasteiger partial charge in [0.2, 0.25) is 0 Å². The molecule has 0 heterocycles. The van der Waals surface area contributed by atoms with Crippen LogP contribution >= 0.6 is 39.9 Å². The van der Waals surface area contributed by atoms with Crippen LogP contribution in [-0.2, 0) is 0 Å². The largest absolute Gasteiger partial charge is 0.350 e. The standard InChI is InChI=1S/C11H14BrClN2O.ClH/c1-11(2,14)6-15-10(16)7-3-4-9(13)8(12)5-7;/h3-5H,6,14H2,1-2H3,(H,15,16);1H. The summed E-state index contributed by atoms with van der Waals surface area (Å²) < 4.78 is 0.703. The normalized spacial score (nSPS) is 10.6. The molecule has 0 unspecified atom stereocenters. The van der Waals surface area contributed by atoms with Gasteiger partial charge in [0, 0.05) is 22.1 Å². The highest BCUT2D eigenvalue weighted by Crippen LogP contribution is 2.23. The average Bonchev–Trinajstić information content (AvgIpc) is 2.17. The lowest BCUT2D eigenvalue weighted by molar-refractivity contribution is 0.0946. The highest BCUT2D eigenvalue weighted by molar-refractivity contribution is 9.10. The van der Waals surface area contributed by atoms with Gasteiger partial charge in [-0.1, -0.05) is 11.6 Å². The van der Waals surface area contributed by atoms with Crippen molar-refractivity contribution in [2.45, 2.75) is 19.4 Å².